The summed E-state index contributed by atoms with van der Waals surface area (Å²) in [4.78, 5) is 8.21. The maximum Gasteiger partial charge on any atom is 0.212 e. The van der Waals surface area contributed by atoms with Crippen molar-refractivity contribution in [2.75, 3.05) is 0 Å². The molecule has 1 unspecified atom stereocenters. The number of nitrogens with one attached hydrogen (secondary N) is 1. The van der Waals surface area contributed by atoms with Crippen LogP contribution in [0.4, 0.5) is 5.82 Å². The molecule has 0 saturated carbocycles. The van der Waals surface area contributed by atoms with Gasteiger partial charge in [-0.1, -0.05) is 11.6 Å². The van der Waals surface area contributed by atoms with Crippen LogP contribution in [-0.2, 0) is 9.86 Å². The second kappa shape index (κ2) is 5.46. The molecule has 6 N–H and O–H groups in total. The van der Waals surface area contributed by atoms with E-state index in [2.05, 4.69) is 15.3 Å². The molecule has 1 aromatic rings. The number of aliphatic imine (C=N–C) groups is 1. The van der Waals surface area contributed by atoms with Crippen LogP contribution in [0, 0.1) is 0 Å². The number of hydrogen-bond acceptors (Lipinski definition) is 8. The molecule has 0 aliphatic carbocycles. The van der Waals surface area contributed by atoms with Crippen molar-refractivity contribution in [2.24, 2.45) is 10.7 Å². The van der Waals surface area contributed by atoms with E-state index in [1.54, 1.807) is 13.8 Å². The van der Waals surface area contributed by atoms with Crippen LogP contribution in [0.1, 0.15) is 25.8 Å². The molecule has 2 aliphatic rings. The molecule has 0 aromatic carbocycles. The lowest BCUT2D eigenvalue weighted by molar-refractivity contribution is -0.0356. The third-order valence-electron chi connectivity index (χ3n) is 3.87. The topological polar surface area (TPSA) is 138 Å². The van der Waals surface area contributed by atoms with E-state index in [1.165, 1.54) is 17.2 Å². The fourth-order valence-corrected chi connectivity index (χ4v) is 2.76. The first-order valence-electron chi connectivity index (χ1n) is 6.97. The van der Waals surface area contributed by atoms with E-state index in [-0.39, 0.29) is 11.5 Å². The zero-order valence-corrected chi connectivity index (χ0v) is 13.3. The Labute approximate surface area is 137 Å². The van der Waals surface area contributed by atoms with E-state index in [0.717, 1.165) is 0 Å². The van der Waals surface area contributed by atoms with Crippen molar-refractivity contribution in [3.05, 3.63) is 23.4 Å². The number of allylic oxidation sites excluding steroid dienone is 1. The Morgan fingerprint density at radius 2 is 2.13 bits per heavy atom. The van der Waals surface area contributed by atoms with Gasteiger partial charge in [-0.15, -0.1) is 0 Å². The molecule has 3 heterocycles. The number of aliphatic hydroxyl groups is 3. The second-order valence-corrected chi connectivity index (χ2v) is 6.35. The molecule has 0 bridgehead atoms. The van der Waals surface area contributed by atoms with Crippen LogP contribution in [0.25, 0.3) is 0 Å². The molecule has 0 amide bonds. The highest BCUT2D eigenvalue weighted by Crippen LogP contribution is 2.39. The standard InChI is InChI=1S/C13H18ClN5O4/c1-5(2)6(20)9-7(21)8(22)12(23-9)19-4-17-10-11(19)16-3-18-13(10,14)15/h3-4,7-9,12,20-22H,15H2,1-2H3,(H,16,18)/t7-,8+,9+,12+,13?/m0/s1. The summed E-state index contributed by atoms with van der Waals surface area (Å²) >= 11 is 6.11. The number of ether oxygens (including phenoxy) is 1. The smallest absolute Gasteiger partial charge is 0.212 e. The first-order valence-corrected chi connectivity index (χ1v) is 7.35. The molecule has 0 radical (unpaired) electrons. The highest BCUT2D eigenvalue weighted by molar-refractivity contribution is 6.24. The van der Waals surface area contributed by atoms with Gasteiger partial charge in [0, 0.05) is 0 Å². The largest absolute Gasteiger partial charge is 0.510 e. The summed E-state index contributed by atoms with van der Waals surface area (Å²) in [5.41, 5.74) is 6.71. The predicted molar refractivity (Wildman–Crippen MR) is 82.2 cm³/mol. The van der Waals surface area contributed by atoms with Crippen LogP contribution < -0.4 is 11.1 Å². The van der Waals surface area contributed by atoms with Gasteiger partial charge in [-0.3, -0.25) is 10.3 Å². The normalized spacial score (nSPS) is 35.7. The number of rotatable bonds is 2. The minimum atomic E-state index is -1.42. The van der Waals surface area contributed by atoms with Crippen LogP contribution >= 0.6 is 11.6 Å². The number of nitrogens with zero attached hydrogens (tertiary/aromatic N) is 3. The maximum absolute atomic E-state index is 10.3. The van der Waals surface area contributed by atoms with Crippen molar-refractivity contribution in [1.82, 2.24) is 14.9 Å². The fraction of sp³-hybridized carbons (Fsp3) is 0.538. The van der Waals surface area contributed by atoms with Gasteiger partial charge in [-0.2, -0.15) is 0 Å². The summed E-state index contributed by atoms with van der Waals surface area (Å²) in [6.45, 7) is 3.35. The van der Waals surface area contributed by atoms with Gasteiger partial charge in [0.05, 0.1) is 12.7 Å². The monoisotopic (exact) mass is 343 g/mol. The van der Waals surface area contributed by atoms with Gasteiger partial charge in [-0.25, -0.2) is 9.98 Å². The predicted octanol–water partition coefficient (Wildman–Crippen LogP) is -0.0750. The Hall–Kier alpha value is -1.65. The average Bonchev–Trinajstić information content (AvgIpc) is 3.02. The summed E-state index contributed by atoms with van der Waals surface area (Å²) in [7, 11) is 0. The molecule has 1 saturated heterocycles. The molecule has 5 atom stereocenters. The van der Waals surface area contributed by atoms with E-state index in [0.29, 0.717) is 11.4 Å². The van der Waals surface area contributed by atoms with Gasteiger partial charge in [-0.05, 0) is 19.4 Å². The van der Waals surface area contributed by atoms with Crippen LogP contribution in [0.15, 0.2) is 22.7 Å². The summed E-state index contributed by atoms with van der Waals surface area (Å²) in [6.07, 6.45) is -1.93. The van der Waals surface area contributed by atoms with E-state index in [4.69, 9.17) is 22.1 Å². The summed E-state index contributed by atoms with van der Waals surface area (Å²) in [6, 6.07) is 0. The highest BCUT2D eigenvalue weighted by atomic mass is 35.5. The Morgan fingerprint density at radius 3 is 2.78 bits per heavy atom. The molecule has 1 fully saturated rings. The van der Waals surface area contributed by atoms with Crippen molar-refractivity contribution in [2.45, 2.75) is 43.5 Å². The number of nitrogens with two attached hydrogens (primary N) is 1. The lowest BCUT2D eigenvalue weighted by atomic mass is 10.1. The molecule has 3 rings (SSSR count). The van der Waals surface area contributed by atoms with Crippen molar-refractivity contribution >= 4 is 23.8 Å². The highest BCUT2D eigenvalue weighted by Gasteiger charge is 2.47. The maximum atomic E-state index is 10.3. The molecule has 10 heteroatoms. The number of aliphatic hydroxyl groups excluding tert-OH is 3. The van der Waals surface area contributed by atoms with Crippen LogP contribution in [0.5, 0.6) is 0 Å². The third kappa shape index (κ3) is 2.50. The second-order valence-electron chi connectivity index (χ2n) is 5.75. The fourth-order valence-electron chi connectivity index (χ4n) is 2.58. The molecular formula is C13H18ClN5O4. The van der Waals surface area contributed by atoms with Gasteiger partial charge in [0.15, 0.2) is 12.0 Å². The molecule has 23 heavy (non-hydrogen) atoms. The first kappa shape index (κ1) is 16.2. The third-order valence-corrected chi connectivity index (χ3v) is 4.16. The summed E-state index contributed by atoms with van der Waals surface area (Å²) in [5, 5.41) is 31.7. The summed E-state index contributed by atoms with van der Waals surface area (Å²) < 4.78 is 7.04. The van der Waals surface area contributed by atoms with Crippen molar-refractivity contribution in [3.63, 3.8) is 0 Å². The number of halogens is 1. The molecule has 0 spiro atoms. The zero-order valence-electron chi connectivity index (χ0n) is 12.5. The van der Waals surface area contributed by atoms with E-state index >= 15 is 0 Å². The molecule has 1 aromatic heterocycles. The van der Waals surface area contributed by atoms with Crippen LogP contribution in [-0.4, -0.2) is 49.5 Å². The Morgan fingerprint density at radius 1 is 1.43 bits per heavy atom. The van der Waals surface area contributed by atoms with E-state index in [1.807, 2.05) is 0 Å². The molecule has 9 nitrogen and oxygen atoms in total. The molecule has 2 aliphatic heterocycles. The minimum Gasteiger partial charge on any atom is -0.510 e. The average molecular weight is 344 g/mol. The Balaban J connectivity index is 1.97. The van der Waals surface area contributed by atoms with Gasteiger partial charge >= 0.3 is 0 Å². The first-order chi connectivity index (χ1) is 10.7. The van der Waals surface area contributed by atoms with Crippen LogP contribution in [0.3, 0.4) is 0 Å². The van der Waals surface area contributed by atoms with Crippen molar-refractivity contribution < 1.29 is 20.1 Å². The number of fused-ring (bicyclic) bond motifs is 1. The lowest BCUT2D eigenvalue weighted by Gasteiger charge is -2.25. The Kier molecular flexibility index (Phi) is 3.85. The van der Waals surface area contributed by atoms with Gasteiger partial charge < -0.3 is 25.4 Å². The minimum absolute atomic E-state index is 0.122. The van der Waals surface area contributed by atoms with Gasteiger partial charge in [0.1, 0.15) is 29.8 Å². The molecular weight excluding hydrogens is 326 g/mol. The molecule has 126 valence electrons. The van der Waals surface area contributed by atoms with Gasteiger partial charge in [0.25, 0.3) is 0 Å². The van der Waals surface area contributed by atoms with Crippen molar-refractivity contribution in [3.8, 4) is 0 Å². The lowest BCUT2D eigenvalue weighted by Crippen LogP contribution is -2.46. The number of hydrogen-bond donors (Lipinski definition) is 5. The quantitative estimate of drug-likeness (QED) is 0.288. The van der Waals surface area contributed by atoms with E-state index in [9.17, 15) is 15.3 Å². The zero-order chi connectivity index (χ0) is 16.9. The Bertz CT molecular complexity index is 682. The number of imidazole rings is 1. The summed E-state index contributed by atoms with van der Waals surface area (Å²) in [5.74, 6) is 0.179. The van der Waals surface area contributed by atoms with E-state index < -0.39 is 29.7 Å². The number of alkyl halides is 1. The van der Waals surface area contributed by atoms with Crippen molar-refractivity contribution in [1.29, 1.82) is 0 Å². The number of aromatic nitrogens is 2. The van der Waals surface area contributed by atoms with Gasteiger partial charge in [0.2, 0.25) is 5.12 Å². The SMILES string of the molecule is CC(C)=C(O)[C@H]1O[C@@H](n2cnc3c2N=CNC3(N)Cl)[C@H](O)[C@@H]1O. The van der Waals surface area contributed by atoms with Crippen LogP contribution in [0.2, 0.25) is 0 Å².